The van der Waals surface area contributed by atoms with Crippen LogP contribution in [0.15, 0.2) is 24.3 Å². The van der Waals surface area contributed by atoms with Gasteiger partial charge in [-0.1, -0.05) is 24.3 Å². The molecule has 0 saturated carbocycles. The highest BCUT2D eigenvalue weighted by molar-refractivity contribution is 5.50. The summed E-state index contributed by atoms with van der Waals surface area (Å²) in [6.07, 6.45) is 3.30. The summed E-state index contributed by atoms with van der Waals surface area (Å²) in [7, 11) is 0. The van der Waals surface area contributed by atoms with E-state index in [-0.39, 0.29) is 12.4 Å². The largest absolute Gasteiger partial charge is 0.392 e. The third kappa shape index (κ3) is 2.65. The van der Waals surface area contributed by atoms with Gasteiger partial charge in [0.2, 0.25) is 0 Å². The average Bonchev–Trinajstić information content (AvgIpc) is 2.16. The monoisotopic (exact) mass is 181 g/mol. The first-order chi connectivity index (χ1) is 6.27. The number of nitrogens with two attached hydrogens (primary N) is 1. The van der Waals surface area contributed by atoms with Crippen LogP contribution in [0, 0.1) is 5.82 Å². The highest BCUT2D eigenvalue weighted by Crippen LogP contribution is 2.11. The summed E-state index contributed by atoms with van der Waals surface area (Å²) in [5.74, 6) is -0.337. The molecule has 0 aliphatic rings. The van der Waals surface area contributed by atoms with E-state index in [0.29, 0.717) is 17.7 Å². The summed E-state index contributed by atoms with van der Waals surface area (Å²) in [5.41, 5.74) is 6.29. The average molecular weight is 181 g/mol. The van der Waals surface area contributed by atoms with Gasteiger partial charge >= 0.3 is 0 Å². The Bertz CT molecular complexity index is 310. The molecule has 0 atom stereocenters. The van der Waals surface area contributed by atoms with E-state index in [4.69, 9.17) is 10.8 Å². The van der Waals surface area contributed by atoms with Gasteiger partial charge in [-0.05, 0) is 11.6 Å². The van der Waals surface area contributed by atoms with Crippen LogP contribution >= 0.6 is 0 Å². The van der Waals surface area contributed by atoms with E-state index in [9.17, 15) is 4.39 Å². The lowest BCUT2D eigenvalue weighted by molar-refractivity contribution is 0.281. The molecule has 0 bridgehead atoms. The minimum absolute atomic E-state index is 0.141. The van der Waals surface area contributed by atoms with Gasteiger partial charge in [0, 0.05) is 12.1 Å². The number of hydrogen-bond donors (Lipinski definition) is 2. The molecule has 70 valence electrons. The van der Waals surface area contributed by atoms with E-state index in [0.717, 1.165) is 0 Å². The molecule has 2 nitrogen and oxygen atoms in total. The Hall–Kier alpha value is -1.19. The Labute approximate surface area is 76.5 Å². The molecule has 0 aliphatic carbocycles. The van der Waals surface area contributed by atoms with E-state index in [1.807, 2.05) is 0 Å². The van der Waals surface area contributed by atoms with Gasteiger partial charge in [0.15, 0.2) is 0 Å². The van der Waals surface area contributed by atoms with Crippen molar-refractivity contribution in [3.05, 3.63) is 41.2 Å². The molecule has 0 radical (unpaired) electrons. The van der Waals surface area contributed by atoms with Crippen molar-refractivity contribution in [2.75, 3.05) is 6.54 Å². The molecule has 0 fully saturated rings. The first-order valence-corrected chi connectivity index (χ1v) is 4.04. The van der Waals surface area contributed by atoms with Gasteiger partial charge in [-0.2, -0.15) is 0 Å². The number of aliphatic hydroxyl groups excluding tert-OH is 1. The fraction of sp³-hybridized carbons (Fsp3) is 0.200. The van der Waals surface area contributed by atoms with Crippen LogP contribution in [0.5, 0.6) is 0 Å². The molecule has 0 unspecified atom stereocenters. The van der Waals surface area contributed by atoms with Crippen molar-refractivity contribution < 1.29 is 9.50 Å². The zero-order valence-electron chi connectivity index (χ0n) is 7.20. The Morgan fingerprint density at radius 3 is 2.77 bits per heavy atom. The summed E-state index contributed by atoms with van der Waals surface area (Å²) in [6, 6.07) is 4.61. The molecule has 1 rings (SSSR count). The van der Waals surface area contributed by atoms with E-state index in [1.54, 1.807) is 24.3 Å². The van der Waals surface area contributed by atoms with Crippen LogP contribution in [0.3, 0.4) is 0 Å². The molecule has 1 aromatic carbocycles. The van der Waals surface area contributed by atoms with Crippen molar-refractivity contribution in [3.63, 3.8) is 0 Å². The Morgan fingerprint density at radius 2 is 2.23 bits per heavy atom. The third-order valence-electron chi connectivity index (χ3n) is 1.68. The molecular formula is C10H12FNO. The van der Waals surface area contributed by atoms with E-state index >= 15 is 0 Å². The number of rotatable bonds is 3. The lowest BCUT2D eigenvalue weighted by Gasteiger charge is -1.99. The van der Waals surface area contributed by atoms with Crippen molar-refractivity contribution in [1.29, 1.82) is 0 Å². The van der Waals surface area contributed by atoms with Gasteiger partial charge in [-0.15, -0.1) is 0 Å². The van der Waals surface area contributed by atoms with Crippen LogP contribution in [0.25, 0.3) is 6.08 Å². The quantitative estimate of drug-likeness (QED) is 0.738. The van der Waals surface area contributed by atoms with Crippen molar-refractivity contribution in [2.24, 2.45) is 5.73 Å². The molecule has 13 heavy (non-hydrogen) atoms. The van der Waals surface area contributed by atoms with Gasteiger partial charge in [-0.25, -0.2) is 4.39 Å². The van der Waals surface area contributed by atoms with Crippen LogP contribution in [0.2, 0.25) is 0 Å². The predicted octanol–water partition coefficient (Wildman–Crippen LogP) is 1.29. The standard InChI is InChI=1S/C10H12FNO/c11-10-6-8(7-13)3-4-9(10)2-1-5-12/h1-4,6,13H,5,7,12H2. The Kier molecular flexibility index (Phi) is 3.61. The molecule has 3 heteroatoms. The lowest BCUT2D eigenvalue weighted by atomic mass is 10.1. The second-order valence-electron chi connectivity index (χ2n) is 2.65. The number of aliphatic hydroxyl groups is 1. The predicted molar refractivity (Wildman–Crippen MR) is 50.4 cm³/mol. The SMILES string of the molecule is NCC=Cc1ccc(CO)cc1F. The van der Waals surface area contributed by atoms with Crippen molar-refractivity contribution in [2.45, 2.75) is 6.61 Å². The van der Waals surface area contributed by atoms with Crippen LogP contribution in [0.1, 0.15) is 11.1 Å². The summed E-state index contributed by atoms with van der Waals surface area (Å²) in [4.78, 5) is 0. The second-order valence-corrected chi connectivity index (χ2v) is 2.65. The maximum absolute atomic E-state index is 13.2. The van der Waals surface area contributed by atoms with E-state index < -0.39 is 0 Å². The summed E-state index contributed by atoms with van der Waals surface area (Å²) < 4.78 is 13.2. The Morgan fingerprint density at radius 1 is 1.46 bits per heavy atom. The zero-order chi connectivity index (χ0) is 9.68. The zero-order valence-corrected chi connectivity index (χ0v) is 7.20. The smallest absolute Gasteiger partial charge is 0.130 e. The molecule has 0 aliphatic heterocycles. The third-order valence-corrected chi connectivity index (χ3v) is 1.68. The summed E-state index contributed by atoms with van der Waals surface area (Å²) in [6.45, 7) is 0.249. The van der Waals surface area contributed by atoms with Crippen molar-refractivity contribution in [1.82, 2.24) is 0 Å². The van der Waals surface area contributed by atoms with Crippen LogP contribution in [-0.2, 0) is 6.61 Å². The molecule has 0 spiro atoms. The van der Waals surface area contributed by atoms with Crippen molar-refractivity contribution >= 4 is 6.08 Å². The highest BCUT2D eigenvalue weighted by atomic mass is 19.1. The normalized spacial score (nSPS) is 11.0. The molecule has 0 saturated heterocycles. The minimum Gasteiger partial charge on any atom is -0.392 e. The summed E-state index contributed by atoms with van der Waals surface area (Å²) in [5, 5.41) is 8.72. The molecule has 0 aromatic heterocycles. The topological polar surface area (TPSA) is 46.2 Å². The maximum Gasteiger partial charge on any atom is 0.130 e. The van der Waals surface area contributed by atoms with E-state index in [1.165, 1.54) is 6.07 Å². The fourth-order valence-electron chi connectivity index (χ4n) is 0.999. The fourth-order valence-corrected chi connectivity index (χ4v) is 0.999. The van der Waals surface area contributed by atoms with Gasteiger partial charge in [0.1, 0.15) is 5.82 Å². The highest BCUT2D eigenvalue weighted by Gasteiger charge is 1.98. The lowest BCUT2D eigenvalue weighted by Crippen LogP contribution is -1.93. The Balaban J connectivity index is 2.91. The minimum atomic E-state index is -0.337. The van der Waals surface area contributed by atoms with Crippen molar-refractivity contribution in [3.8, 4) is 0 Å². The first kappa shape index (κ1) is 9.89. The number of benzene rings is 1. The number of hydrogen-bond acceptors (Lipinski definition) is 2. The molecule has 0 heterocycles. The maximum atomic E-state index is 13.2. The van der Waals surface area contributed by atoms with Crippen LogP contribution < -0.4 is 5.73 Å². The van der Waals surface area contributed by atoms with Gasteiger partial charge in [0.25, 0.3) is 0 Å². The molecule has 1 aromatic rings. The van der Waals surface area contributed by atoms with Gasteiger partial charge in [0.05, 0.1) is 6.61 Å². The first-order valence-electron chi connectivity index (χ1n) is 4.04. The van der Waals surface area contributed by atoms with Gasteiger partial charge < -0.3 is 10.8 Å². The second kappa shape index (κ2) is 4.74. The molecular weight excluding hydrogens is 169 g/mol. The van der Waals surface area contributed by atoms with Crippen LogP contribution in [-0.4, -0.2) is 11.7 Å². The molecule has 0 amide bonds. The van der Waals surface area contributed by atoms with Gasteiger partial charge in [-0.3, -0.25) is 0 Å². The summed E-state index contributed by atoms with van der Waals surface area (Å²) >= 11 is 0. The van der Waals surface area contributed by atoms with Crippen LogP contribution in [0.4, 0.5) is 4.39 Å². The number of halogens is 1. The molecule has 3 N–H and O–H groups in total. The van der Waals surface area contributed by atoms with E-state index in [2.05, 4.69) is 0 Å².